The molecule has 3 unspecified atom stereocenters. The molecule has 0 spiro atoms. The predicted molar refractivity (Wildman–Crippen MR) is 92.5 cm³/mol. The van der Waals surface area contributed by atoms with Crippen molar-refractivity contribution < 1.29 is 14.3 Å². The van der Waals surface area contributed by atoms with Crippen LogP contribution < -0.4 is 15.8 Å². The first-order chi connectivity index (χ1) is 10.8. The van der Waals surface area contributed by atoms with Gasteiger partial charge in [0, 0.05) is 23.6 Å². The summed E-state index contributed by atoms with van der Waals surface area (Å²) in [5, 5.41) is 2.96. The smallest absolute Gasteiger partial charge is 0.245 e. The van der Waals surface area contributed by atoms with Gasteiger partial charge in [-0.15, -0.1) is 0 Å². The lowest BCUT2D eigenvalue weighted by atomic mass is 9.46. The summed E-state index contributed by atoms with van der Waals surface area (Å²) in [7, 11) is 1.60. The summed E-state index contributed by atoms with van der Waals surface area (Å²) in [6.07, 6.45) is 1.96. The number of halogens is 1. The summed E-state index contributed by atoms with van der Waals surface area (Å²) in [5.74, 6) is 0.648. The van der Waals surface area contributed by atoms with Crippen LogP contribution in [0.1, 0.15) is 26.7 Å². The van der Waals surface area contributed by atoms with Crippen LogP contribution in [-0.2, 0) is 9.53 Å². The van der Waals surface area contributed by atoms with Crippen LogP contribution in [0.5, 0.6) is 5.75 Å². The van der Waals surface area contributed by atoms with Gasteiger partial charge in [-0.25, -0.2) is 0 Å². The fraction of sp³-hybridized carbons (Fsp3) is 0.588. The summed E-state index contributed by atoms with van der Waals surface area (Å²) in [4.78, 5) is 12.9. The number of benzene rings is 1. The fourth-order valence-corrected chi connectivity index (χ4v) is 4.56. The molecule has 1 amide bonds. The molecule has 1 saturated carbocycles. The largest absolute Gasteiger partial charge is 0.496 e. The number of nitrogens with one attached hydrogen (secondary N) is 1. The normalized spacial score (nSPS) is 31.7. The van der Waals surface area contributed by atoms with Gasteiger partial charge in [0.1, 0.15) is 11.3 Å². The predicted octanol–water partition coefficient (Wildman–Crippen LogP) is 2.93. The molecular formula is C17H23BrN2O3. The molecule has 0 bridgehead atoms. The summed E-state index contributed by atoms with van der Waals surface area (Å²) in [5.41, 5.74) is 5.99. The van der Waals surface area contributed by atoms with E-state index in [0.717, 1.165) is 29.7 Å². The summed E-state index contributed by atoms with van der Waals surface area (Å²) < 4.78 is 11.8. The zero-order chi connectivity index (χ0) is 16.8. The Morgan fingerprint density at radius 3 is 2.87 bits per heavy atom. The monoisotopic (exact) mass is 382 g/mol. The van der Waals surface area contributed by atoms with Crippen molar-refractivity contribution in [3.63, 3.8) is 0 Å². The van der Waals surface area contributed by atoms with E-state index in [-0.39, 0.29) is 23.3 Å². The van der Waals surface area contributed by atoms with Crippen molar-refractivity contribution in [3.8, 4) is 5.75 Å². The third-order valence-electron chi connectivity index (χ3n) is 5.47. The van der Waals surface area contributed by atoms with Crippen molar-refractivity contribution in [3.05, 3.63) is 22.7 Å². The molecule has 1 aromatic rings. The molecule has 0 aromatic heterocycles. The van der Waals surface area contributed by atoms with Gasteiger partial charge in [0.25, 0.3) is 0 Å². The maximum Gasteiger partial charge on any atom is 0.245 e. The first kappa shape index (κ1) is 16.7. The molecule has 3 atom stereocenters. The standard InChI is InChI=1S/C17H23BrN2O3/c1-16(2)14-11(5-4-8-23-14)17(16,19)15(21)20-10-6-7-13(22-3)12(18)9-10/h6-7,9,11,14H,4-5,8,19H2,1-3H3,(H,20,21). The van der Waals surface area contributed by atoms with Gasteiger partial charge in [-0.05, 0) is 47.0 Å². The highest BCUT2D eigenvalue weighted by molar-refractivity contribution is 9.10. The summed E-state index contributed by atoms with van der Waals surface area (Å²) in [6, 6.07) is 5.44. The molecule has 126 valence electrons. The SMILES string of the molecule is COc1ccc(NC(=O)C2(N)C3CCCOC3C2(C)C)cc1Br. The first-order valence-electron chi connectivity index (χ1n) is 7.88. The van der Waals surface area contributed by atoms with Crippen LogP contribution >= 0.6 is 15.9 Å². The Morgan fingerprint density at radius 2 is 2.22 bits per heavy atom. The Labute approximate surface area is 145 Å². The Hall–Kier alpha value is -1.11. The van der Waals surface area contributed by atoms with Crippen molar-refractivity contribution >= 4 is 27.5 Å². The molecule has 1 saturated heterocycles. The van der Waals surface area contributed by atoms with Crippen LogP contribution in [0.15, 0.2) is 22.7 Å². The summed E-state index contributed by atoms with van der Waals surface area (Å²) in [6.45, 7) is 4.79. The molecule has 2 fully saturated rings. The Bertz CT molecular complexity index is 634. The topological polar surface area (TPSA) is 73.6 Å². The van der Waals surface area contributed by atoms with Crippen LogP contribution in [0.4, 0.5) is 5.69 Å². The lowest BCUT2D eigenvalue weighted by Crippen LogP contribution is -2.81. The number of carbonyl (C=O) groups is 1. The van der Waals surface area contributed by atoms with Gasteiger partial charge < -0.3 is 20.5 Å². The number of hydrogen-bond donors (Lipinski definition) is 2. The fourth-order valence-electron chi connectivity index (χ4n) is 4.02. The van der Waals surface area contributed by atoms with Crippen LogP contribution in [-0.4, -0.2) is 31.3 Å². The van der Waals surface area contributed by atoms with E-state index in [0.29, 0.717) is 5.69 Å². The molecule has 0 radical (unpaired) electrons. The molecule has 6 heteroatoms. The highest BCUT2D eigenvalue weighted by Gasteiger charge is 2.70. The number of carbonyl (C=O) groups excluding carboxylic acids is 1. The van der Waals surface area contributed by atoms with Gasteiger partial charge in [0.15, 0.2) is 0 Å². The van der Waals surface area contributed by atoms with Crippen molar-refractivity contribution in [2.75, 3.05) is 19.0 Å². The van der Waals surface area contributed by atoms with Gasteiger partial charge in [0.05, 0.1) is 17.7 Å². The van der Waals surface area contributed by atoms with E-state index in [1.165, 1.54) is 0 Å². The minimum atomic E-state index is -0.912. The van der Waals surface area contributed by atoms with Crippen LogP contribution in [0.25, 0.3) is 0 Å². The molecule has 5 nitrogen and oxygen atoms in total. The molecule has 1 heterocycles. The number of fused-ring (bicyclic) bond motifs is 1. The van der Waals surface area contributed by atoms with Gasteiger partial charge >= 0.3 is 0 Å². The van der Waals surface area contributed by atoms with Crippen molar-refractivity contribution in [1.29, 1.82) is 0 Å². The van der Waals surface area contributed by atoms with E-state index < -0.39 is 5.54 Å². The first-order valence-corrected chi connectivity index (χ1v) is 8.67. The number of methoxy groups -OCH3 is 1. The minimum absolute atomic E-state index is 0.0644. The van der Waals surface area contributed by atoms with E-state index in [1.54, 1.807) is 13.2 Å². The Balaban J connectivity index is 1.81. The number of hydrogen-bond acceptors (Lipinski definition) is 4. The van der Waals surface area contributed by atoms with Gasteiger partial charge in [-0.1, -0.05) is 13.8 Å². The number of ether oxygens (including phenoxy) is 2. The van der Waals surface area contributed by atoms with Crippen LogP contribution in [0.3, 0.4) is 0 Å². The maximum atomic E-state index is 12.9. The Kier molecular flexibility index (Phi) is 4.19. The minimum Gasteiger partial charge on any atom is -0.496 e. The quantitative estimate of drug-likeness (QED) is 0.842. The highest BCUT2D eigenvalue weighted by Crippen LogP contribution is 2.57. The highest BCUT2D eigenvalue weighted by atomic mass is 79.9. The molecule has 2 aliphatic rings. The zero-order valence-electron chi connectivity index (χ0n) is 13.7. The van der Waals surface area contributed by atoms with Gasteiger partial charge in [-0.3, -0.25) is 4.79 Å². The molecule has 1 aliphatic heterocycles. The molecule has 23 heavy (non-hydrogen) atoms. The van der Waals surface area contributed by atoms with Crippen molar-refractivity contribution in [1.82, 2.24) is 0 Å². The second-order valence-corrected chi connectivity index (χ2v) is 7.79. The second kappa shape index (κ2) is 5.76. The summed E-state index contributed by atoms with van der Waals surface area (Å²) >= 11 is 3.43. The van der Waals surface area contributed by atoms with E-state index in [1.807, 2.05) is 26.0 Å². The number of rotatable bonds is 3. The van der Waals surface area contributed by atoms with E-state index in [9.17, 15) is 4.79 Å². The average molecular weight is 383 g/mol. The van der Waals surface area contributed by atoms with Crippen molar-refractivity contribution in [2.45, 2.75) is 38.3 Å². The molecule has 1 aromatic carbocycles. The molecule has 3 rings (SSSR count). The van der Waals surface area contributed by atoms with E-state index in [2.05, 4.69) is 21.2 Å². The number of anilines is 1. The van der Waals surface area contributed by atoms with Gasteiger partial charge in [0.2, 0.25) is 5.91 Å². The Morgan fingerprint density at radius 1 is 1.48 bits per heavy atom. The lowest BCUT2D eigenvalue weighted by Gasteiger charge is -2.65. The zero-order valence-corrected chi connectivity index (χ0v) is 15.3. The molecule has 1 aliphatic carbocycles. The third kappa shape index (κ3) is 2.39. The molecule has 3 N–H and O–H groups in total. The van der Waals surface area contributed by atoms with E-state index in [4.69, 9.17) is 15.2 Å². The van der Waals surface area contributed by atoms with Crippen molar-refractivity contribution in [2.24, 2.45) is 17.1 Å². The number of nitrogens with two attached hydrogens (primary N) is 1. The van der Waals surface area contributed by atoms with Crippen LogP contribution in [0, 0.1) is 11.3 Å². The van der Waals surface area contributed by atoms with Gasteiger partial charge in [-0.2, -0.15) is 0 Å². The maximum absolute atomic E-state index is 12.9. The number of amides is 1. The van der Waals surface area contributed by atoms with Crippen LogP contribution in [0.2, 0.25) is 0 Å². The average Bonchev–Trinajstić information content (AvgIpc) is 2.54. The lowest BCUT2D eigenvalue weighted by molar-refractivity contribution is -0.222. The third-order valence-corrected chi connectivity index (χ3v) is 6.09. The second-order valence-electron chi connectivity index (χ2n) is 6.93. The molecular weight excluding hydrogens is 360 g/mol. The van der Waals surface area contributed by atoms with E-state index >= 15 is 0 Å².